The molecule has 0 unspecified atom stereocenters. The highest BCUT2D eigenvalue weighted by Gasteiger charge is 2.10. The van der Waals surface area contributed by atoms with Gasteiger partial charge in [-0.3, -0.25) is 14.9 Å². The van der Waals surface area contributed by atoms with Crippen molar-refractivity contribution in [2.45, 2.75) is 13.0 Å². The maximum atomic E-state index is 12.0. The van der Waals surface area contributed by atoms with Gasteiger partial charge in [0.05, 0.1) is 6.42 Å². The van der Waals surface area contributed by atoms with Crippen LogP contribution in [0.5, 0.6) is 0 Å². The van der Waals surface area contributed by atoms with Crippen LogP contribution in [-0.4, -0.2) is 26.1 Å². The molecule has 6 nitrogen and oxygen atoms in total. The minimum atomic E-state index is -0.145. The third kappa shape index (κ3) is 4.14. The van der Waals surface area contributed by atoms with E-state index in [1.54, 1.807) is 12.3 Å². The zero-order valence-corrected chi connectivity index (χ0v) is 12.9. The van der Waals surface area contributed by atoms with Gasteiger partial charge in [-0.15, -0.1) is 0 Å². The summed E-state index contributed by atoms with van der Waals surface area (Å²) in [5.74, 6) is 0.825. The number of nitrogens with one attached hydrogen (secondary N) is 2. The van der Waals surface area contributed by atoms with Crippen molar-refractivity contribution in [1.29, 1.82) is 0 Å². The molecule has 3 aromatic rings. The molecule has 0 aliphatic heterocycles. The van der Waals surface area contributed by atoms with E-state index in [0.29, 0.717) is 28.9 Å². The maximum absolute atomic E-state index is 12.0. The summed E-state index contributed by atoms with van der Waals surface area (Å²) in [6.45, 7) is 0.417. The number of benzene rings is 1. The minimum Gasteiger partial charge on any atom is -0.352 e. The zero-order chi connectivity index (χ0) is 16.1. The van der Waals surface area contributed by atoms with Crippen molar-refractivity contribution in [2.24, 2.45) is 0 Å². The number of halogens is 1. The number of nitrogens with zero attached hydrogens (tertiary/aromatic N) is 3. The Labute approximate surface area is 137 Å². The van der Waals surface area contributed by atoms with E-state index < -0.39 is 0 Å². The van der Waals surface area contributed by atoms with E-state index in [1.807, 2.05) is 36.4 Å². The molecule has 0 atom stereocenters. The Hall–Kier alpha value is -2.73. The van der Waals surface area contributed by atoms with Crippen molar-refractivity contribution in [3.8, 4) is 11.5 Å². The van der Waals surface area contributed by atoms with E-state index in [1.165, 1.54) is 0 Å². The van der Waals surface area contributed by atoms with Crippen molar-refractivity contribution in [3.63, 3.8) is 0 Å². The molecule has 1 amide bonds. The van der Waals surface area contributed by atoms with E-state index in [4.69, 9.17) is 11.6 Å². The first kappa shape index (κ1) is 15.2. The van der Waals surface area contributed by atoms with E-state index in [-0.39, 0.29) is 12.3 Å². The monoisotopic (exact) mass is 327 g/mol. The Kier molecular flexibility index (Phi) is 4.63. The van der Waals surface area contributed by atoms with Gasteiger partial charge in [0.25, 0.3) is 0 Å². The number of amides is 1. The van der Waals surface area contributed by atoms with Crippen LogP contribution in [0.4, 0.5) is 0 Å². The molecule has 23 heavy (non-hydrogen) atoms. The Bertz CT molecular complexity index is 803. The van der Waals surface area contributed by atoms with Gasteiger partial charge in [0.15, 0.2) is 5.82 Å². The predicted octanol–water partition coefficient (Wildman–Crippen LogP) is 2.38. The first-order valence-corrected chi connectivity index (χ1v) is 7.42. The second-order valence-electron chi connectivity index (χ2n) is 4.90. The number of aromatic amines is 1. The molecule has 0 spiro atoms. The smallest absolute Gasteiger partial charge is 0.227 e. The maximum Gasteiger partial charge on any atom is 0.227 e. The van der Waals surface area contributed by atoms with Gasteiger partial charge in [-0.25, -0.2) is 4.98 Å². The van der Waals surface area contributed by atoms with Crippen LogP contribution in [0.3, 0.4) is 0 Å². The SMILES string of the molecule is O=C(Cc1nc(-c2ccccn2)n[nH]1)NCc1cccc(Cl)c1. The van der Waals surface area contributed by atoms with E-state index >= 15 is 0 Å². The Balaban J connectivity index is 1.57. The van der Waals surface area contributed by atoms with Crippen molar-refractivity contribution >= 4 is 17.5 Å². The molecule has 7 heteroatoms. The highest BCUT2D eigenvalue weighted by Crippen LogP contribution is 2.11. The summed E-state index contributed by atoms with van der Waals surface area (Å²) in [5, 5.41) is 10.3. The lowest BCUT2D eigenvalue weighted by molar-refractivity contribution is -0.120. The largest absolute Gasteiger partial charge is 0.352 e. The summed E-state index contributed by atoms with van der Waals surface area (Å²) in [5.41, 5.74) is 1.60. The fraction of sp³-hybridized carbons (Fsp3) is 0.125. The van der Waals surface area contributed by atoms with Gasteiger partial charge in [0, 0.05) is 17.8 Å². The van der Waals surface area contributed by atoms with Gasteiger partial charge in [0.1, 0.15) is 11.5 Å². The number of hydrogen-bond acceptors (Lipinski definition) is 4. The summed E-state index contributed by atoms with van der Waals surface area (Å²) in [4.78, 5) is 20.4. The standard InChI is InChI=1S/C16H14ClN5O/c17-12-5-3-4-11(8-12)10-19-15(23)9-14-20-16(22-21-14)13-6-1-2-7-18-13/h1-8H,9-10H2,(H,19,23)(H,20,21,22). The topological polar surface area (TPSA) is 83.6 Å². The van der Waals surface area contributed by atoms with Gasteiger partial charge >= 0.3 is 0 Å². The molecular formula is C16H14ClN5O. The molecule has 0 aliphatic rings. The molecule has 1 aromatic carbocycles. The molecule has 0 radical (unpaired) electrons. The van der Waals surface area contributed by atoms with Crippen LogP contribution in [-0.2, 0) is 17.8 Å². The van der Waals surface area contributed by atoms with Crippen molar-refractivity contribution in [3.05, 3.63) is 65.1 Å². The number of hydrogen-bond donors (Lipinski definition) is 2. The summed E-state index contributed by atoms with van der Waals surface area (Å²) >= 11 is 5.91. The molecular weight excluding hydrogens is 314 g/mol. The zero-order valence-electron chi connectivity index (χ0n) is 12.2. The van der Waals surface area contributed by atoms with E-state index in [9.17, 15) is 4.79 Å². The molecule has 116 valence electrons. The van der Waals surface area contributed by atoms with Gasteiger partial charge < -0.3 is 5.32 Å². The van der Waals surface area contributed by atoms with E-state index in [0.717, 1.165) is 5.56 Å². The third-order valence-electron chi connectivity index (χ3n) is 3.13. The lowest BCUT2D eigenvalue weighted by Gasteiger charge is -2.04. The lowest BCUT2D eigenvalue weighted by Crippen LogP contribution is -2.25. The Morgan fingerprint density at radius 1 is 1.22 bits per heavy atom. The molecule has 2 heterocycles. The number of pyridine rings is 1. The van der Waals surface area contributed by atoms with Crippen LogP contribution in [0.1, 0.15) is 11.4 Å². The normalized spacial score (nSPS) is 10.5. The Morgan fingerprint density at radius 3 is 2.91 bits per heavy atom. The summed E-state index contributed by atoms with van der Waals surface area (Å²) < 4.78 is 0. The van der Waals surface area contributed by atoms with Gasteiger partial charge in [0.2, 0.25) is 5.91 Å². The third-order valence-corrected chi connectivity index (χ3v) is 3.37. The number of carbonyl (C=O) groups excluding carboxylic acids is 1. The molecule has 0 saturated heterocycles. The number of rotatable bonds is 5. The van der Waals surface area contributed by atoms with Crippen LogP contribution < -0.4 is 5.32 Å². The average molecular weight is 328 g/mol. The van der Waals surface area contributed by atoms with Gasteiger partial charge in [-0.05, 0) is 29.8 Å². The highest BCUT2D eigenvalue weighted by atomic mass is 35.5. The molecule has 0 saturated carbocycles. The first-order valence-electron chi connectivity index (χ1n) is 7.04. The van der Waals surface area contributed by atoms with Crippen LogP contribution in [0, 0.1) is 0 Å². The van der Waals surface area contributed by atoms with Crippen LogP contribution in [0.15, 0.2) is 48.7 Å². The van der Waals surface area contributed by atoms with Gasteiger partial charge in [-0.1, -0.05) is 29.8 Å². The summed E-state index contributed by atoms with van der Waals surface area (Å²) in [7, 11) is 0. The van der Waals surface area contributed by atoms with Crippen molar-refractivity contribution in [1.82, 2.24) is 25.5 Å². The van der Waals surface area contributed by atoms with Crippen molar-refractivity contribution in [2.75, 3.05) is 0 Å². The van der Waals surface area contributed by atoms with Crippen LogP contribution in [0.25, 0.3) is 11.5 Å². The summed E-state index contributed by atoms with van der Waals surface area (Å²) in [6, 6.07) is 12.8. The average Bonchev–Trinajstić information content (AvgIpc) is 3.02. The molecule has 0 fully saturated rings. The number of H-pyrrole nitrogens is 1. The van der Waals surface area contributed by atoms with Gasteiger partial charge in [-0.2, -0.15) is 5.10 Å². The quantitative estimate of drug-likeness (QED) is 0.753. The first-order chi connectivity index (χ1) is 11.2. The molecule has 0 aliphatic carbocycles. The highest BCUT2D eigenvalue weighted by molar-refractivity contribution is 6.30. The number of aromatic nitrogens is 4. The van der Waals surface area contributed by atoms with Crippen molar-refractivity contribution < 1.29 is 4.79 Å². The lowest BCUT2D eigenvalue weighted by atomic mass is 10.2. The second kappa shape index (κ2) is 7.02. The predicted molar refractivity (Wildman–Crippen MR) is 86.6 cm³/mol. The fourth-order valence-corrected chi connectivity index (χ4v) is 2.26. The van der Waals surface area contributed by atoms with E-state index in [2.05, 4.69) is 25.5 Å². The second-order valence-corrected chi connectivity index (χ2v) is 5.34. The number of carbonyl (C=O) groups is 1. The minimum absolute atomic E-state index is 0.125. The molecule has 3 rings (SSSR count). The molecule has 2 aromatic heterocycles. The Morgan fingerprint density at radius 2 is 2.13 bits per heavy atom. The molecule has 0 bridgehead atoms. The molecule has 2 N–H and O–H groups in total. The van der Waals surface area contributed by atoms with Crippen LogP contribution >= 0.6 is 11.6 Å². The summed E-state index contributed by atoms with van der Waals surface area (Å²) in [6.07, 6.45) is 1.80. The van der Waals surface area contributed by atoms with Crippen LogP contribution in [0.2, 0.25) is 5.02 Å². The fourth-order valence-electron chi connectivity index (χ4n) is 2.05.